The third-order valence-electron chi connectivity index (χ3n) is 4.66. The predicted molar refractivity (Wildman–Crippen MR) is 101 cm³/mol. The molecule has 0 saturated carbocycles. The summed E-state index contributed by atoms with van der Waals surface area (Å²) in [6.07, 6.45) is 0.552. The van der Waals surface area contributed by atoms with E-state index in [0.29, 0.717) is 13.0 Å². The van der Waals surface area contributed by atoms with E-state index in [1.54, 1.807) is 11.8 Å². The second-order valence-electron chi connectivity index (χ2n) is 7.03. The van der Waals surface area contributed by atoms with Crippen LogP contribution in [-0.4, -0.2) is 54.9 Å². The first-order valence-electron chi connectivity index (χ1n) is 8.68. The molecule has 1 saturated heterocycles. The molecule has 4 nitrogen and oxygen atoms in total. The average Bonchev–Trinajstić information content (AvgIpc) is 2.57. The quantitative estimate of drug-likeness (QED) is 0.768. The van der Waals surface area contributed by atoms with Crippen LogP contribution in [0.4, 0.5) is 0 Å². The Morgan fingerprint density at radius 1 is 1.25 bits per heavy atom. The Kier molecular flexibility index (Phi) is 7.14. The monoisotopic (exact) mass is 350 g/mol. The highest BCUT2D eigenvalue weighted by atomic mass is 32.2. The van der Waals surface area contributed by atoms with Gasteiger partial charge in [-0.1, -0.05) is 6.07 Å². The van der Waals surface area contributed by atoms with Crippen molar-refractivity contribution < 1.29 is 9.53 Å². The molecule has 5 heteroatoms. The lowest BCUT2D eigenvalue weighted by Gasteiger charge is -2.40. The number of ether oxygens (including phenoxy) is 1. The third-order valence-corrected chi connectivity index (χ3v) is 5.66. The Bertz CT molecular complexity index is 554. The van der Waals surface area contributed by atoms with Gasteiger partial charge in [-0.15, -0.1) is 11.8 Å². The molecule has 134 valence electrons. The van der Waals surface area contributed by atoms with E-state index in [4.69, 9.17) is 4.74 Å². The van der Waals surface area contributed by atoms with E-state index >= 15 is 0 Å². The van der Waals surface area contributed by atoms with Crippen molar-refractivity contribution in [3.8, 4) is 0 Å². The van der Waals surface area contributed by atoms with Crippen molar-refractivity contribution in [1.82, 2.24) is 10.2 Å². The van der Waals surface area contributed by atoms with E-state index in [-0.39, 0.29) is 11.4 Å². The summed E-state index contributed by atoms with van der Waals surface area (Å²) < 4.78 is 5.40. The van der Waals surface area contributed by atoms with Crippen LogP contribution in [0, 0.1) is 13.8 Å². The molecule has 1 N–H and O–H groups in total. The number of carbonyl (C=O) groups is 1. The van der Waals surface area contributed by atoms with Gasteiger partial charge in [0.2, 0.25) is 5.91 Å². The highest BCUT2D eigenvalue weighted by molar-refractivity contribution is 7.99. The predicted octanol–water partition coefficient (Wildman–Crippen LogP) is 3.01. The molecular formula is C19H30N2O2S. The van der Waals surface area contributed by atoms with Crippen molar-refractivity contribution in [1.29, 1.82) is 0 Å². The molecule has 0 atom stereocenters. The number of hydrogen-bond donors (Lipinski definition) is 1. The fourth-order valence-electron chi connectivity index (χ4n) is 2.75. The Morgan fingerprint density at radius 2 is 1.96 bits per heavy atom. The van der Waals surface area contributed by atoms with Gasteiger partial charge in [0, 0.05) is 42.2 Å². The SMILES string of the molecule is Cc1ccc(SCCC(=O)NCC(C)(C)N2CCOCC2)cc1C. The van der Waals surface area contributed by atoms with Crippen LogP contribution < -0.4 is 5.32 Å². The molecule has 0 bridgehead atoms. The first kappa shape index (κ1) is 19.3. The van der Waals surface area contributed by atoms with Gasteiger partial charge in [-0.05, 0) is 51.0 Å². The number of carbonyl (C=O) groups excluding carboxylic acids is 1. The molecule has 1 amide bonds. The van der Waals surface area contributed by atoms with E-state index in [0.717, 1.165) is 32.1 Å². The second-order valence-corrected chi connectivity index (χ2v) is 8.20. The highest BCUT2D eigenvalue weighted by Gasteiger charge is 2.28. The van der Waals surface area contributed by atoms with Crippen molar-refractivity contribution in [2.24, 2.45) is 0 Å². The lowest BCUT2D eigenvalue weighted by molar-refractivity contribution is -0.121. The van der Waals surface area contributed by atoms with Crippen LogP contribution in [0.5, 0.6) is 0 Å². The minimum Gasteiger partial charge on any atom is -0.379 e. The smallest absolute Gasteiger partial charge is 0.220 e. The van der Waals surface area contributed by atoms with Gasteiger partial charge < -0.3 is 10.1 Å². The minimum absolute atomic E-state index is 0.0271. The number of thioether (sulfide) groups is 1. The standard InChI is InChI=1S/C19H30N2O2S/c1-15-5-6-17(13-16(15)2)24-12-7-18(22)20-14-19(3,4)21-8-10-23-11-9-21/h5-6,13H,7-12,14H2,1-4H3,(H,20,22). The van der Waals surface area contributed by atoms with Crippen LogP contribution >= 0.6 is 11.8 Å². The minimum atomic E-state index is -0.0271. The van der Waals surface area contributed by atoms with Crippen LogP contribution in [0.25, 0.3) is 0 Å². The maximum Gasteiger partial charge on any atom is 0.220 e. The van der Waals surface area contributed by atoms with Crippen LogP contribution in [0.3, 0.4) is 0 Å². The number of aryl methyl sites for hydroxylation is 2. The molecule has 0 aliphatic carbocycles. The van der Waals surface area contributed by atoms with E-state index in [1.165, 1.54) is 16.0 Å². The van der Waals surface area contributed by atoms with E-state index < -0.39 is 0 Å². The number of benzene rings is 1. The van der Waals surface area contributed by atoms with Gasteiger partial charge in [0.1, 0.15) is 0 Å². The highest BCUT2D eigenvalue weighted by Crippen LogP contribution is 2.21. The van der Waals surface area contributed by atoms with Crippen LogP contribution in [-0.2, 0) is 9.53 Å². The zero-order chi connectivity index (χ0) is 17.6. The van der Waals surface area contributed by atoms with Gasteiger partial charge in [-0.25, -0.2) is 0 Å². The van der Waals surface area contributed by atoms with Crippen molar-refractivity contribution in [2.75, 3.05) is 38.6 Å². The third kappa shape index (κ3) is 5.80. The Hall–Kier alpha value is -1.04. The zero-order valence-electron chi connectivity index (χ0n) is 15.4. The summed E-state index contributed by atoms with van der Waals surface area (Å²) in [6.45, 7) is 12.7. The van der Waals surface area contributed by atoms with Crippen molar-refractivity contribution in [2.45, 2.75) is 44.6 Å². The molecule has 2 rings (SSSR count). The number of nitrogens with zero attached hydrogens (tertiary/aromatic N) is 1. The first-order valence-corrected chi connectivity index (χ1v) is 9.66. The van der Waals surface area contributed by atoms with Gasteiger partial charge in [0.25, 0.3) is 0 Å². The largest absolute Gasteiger partial charge is 0.379 e. The lowest BCUT2D eigenvalue weighted by Crippen LogP contribution is -2.55. The van der Waals surface area contributed by atoms with E-state index in [1.807, 2.05) is 0 Å². The summed E-state index contributed by atoms with van der Waals surface area (Å²) in [5.41, 5.74) is 2.58. The summed E-state index contributed by atoms with van der Waals surface area (Å²) in [5, 5.41) is 3.09. The Labute approximate surface area is 150 Å². The molecule has 1 aromatic rings. The van der Waals surface area contributed by atoms with Gasteiger partial charge in [0.05, 0.1) is 13.2 Å². The van der Waals surface area contributed by atoms with E-state index in [2.05, 4.69) is 56.1 Å². The lowest BCUT2D eigenvalue weighted by atomic mass is 10.0. The van der Waals surface area contributed by atoms with Crippen LogP contribution in [0.15, 0.2) is 23.1 Å². The number of amides is 1. The molecule has 1 aliphatic heterocycles. The summed E-state index contributed by atoms with van der Waals surface area (Å²) in [6, 6.07) is 6.47. The number of rotatable bonds is 7. The fourth-order valence-corrected chi connectivity index (χ4v) is 3.70. The van der Waals surface area contributed by atoms with Crippen molar-refractivity contribution in [3.05, 3.63) is 29.3 Å². The molecule has 1 aliphatic rings. The Morgan fingerprint density at radius 3 is 2.62 bits per heavy atom. The summed E-state index contributed by atoms with van der Waals surface area (Å²) in [4.78, 5) is 15.7. The van der Waals surface area contributed by atoms with Gasteiger partial charge in [0.15, 0.2) is 0 Å². The molecule has 24 heavy (non-hydrogen) atoms. The van der Waals surface area contributed by atoms with Crippen LogP contribution in [0.2, 0.25) is 0 Å². The zero-order valence-corrected chi connectivity index (χ0v) is 16.2. The average molecular weight is 351 g/mol. The van der Waals surface area contributed by atoms with Crippen molar-refractivity contribution >= 4 is 17.7 Å². The molecule has 0 radical (unpaired) electrons. The summed E-state index contributed by atoms with van der Waals surface area (Å²) >= 11 is 1.75. The molecule has 1 fully saturated rings. The molecule has 0 unspecified atom stereocenters. The normalized spacial score (nSPS) is 16.2. The fraction of sp³-hybridized carbons (Fsp3) is 0.632. The van der Waals surface area contributed by atoms with E-state index in [9.17, 15) is 4.79 Å². The van der Waals surface area contributed by atoms with Crippen molar-refractivity contribution in [3.63, 3.8) is 0 Å². The number of nitrogens with one attached hydrogen (secondary N) is 1. The molecular weight excluding hydrogens is 320 g/mol. The van der Waals surface area contributed by atoms with Crippen LogP contribution in [0.1, 0.15) is 31.4 Å². The molecule has 1 heterocycles. The number of hydrogen-bond acceptors (Lipinski definition) is 4. The first-order chi connectivity index (χ1) is 11.4. The van der Waals surface area contributed by atoms with Gasteiger partial charge in [-0.2, -0.15) is 0 Å². The summed E-state index contributed by atoms with van der Waals surface area (Å²) in [5.74, 6) is 0.944. The molecule has 0 aromatic heterocycles. The Balaban J connectivity index is 1.70. The molecule has 1 aromatic carbocycles. The topological polar surface area (TPSA) is 41.6 Å². The van der Waals surface area contributed by atoms with Gasteiger partial charge >= 0.3 is 0 Å². The van der Waals surface area contributed by atoms with Gasteiger partial charge in [-0.3, -0.25) is 9.69 Å². The maximum atomic E-state index is 12.1. The number of morpholine rings is 1. The molecule has 0 spiro atoms. The maximum absolute atomic E-state index is 12.1. The second kappa shape index (κ2) is 8.88. The summed E-state index contributed by atoms with van der Waals surface area (Å²) in [7, 11) is 0.